The maximum Gasteiger partial charge on any atom is 0.231 e. The number of ether oxygens (including phenoxy) is 6. The SMILES string of the molecule is C\C=C/C(=C\C=N\Cl)OCOc1cc(/C=C\c2cc(OC)c(OC)c(OC)c2)ccc1OC. The van der Waals surface area contributed by atoms with E-state index < -0.39 is 0 Å². The Labute approximate surface area is 199 Å². The van der Waals surface area contributed by atoms with E-state index in [-0.39, 0.29) is 6.79 Å². The maximum atomic E-state index is 5.79. The van der Waals surface area contributed by atoms with E-state index in [1.165, 1.54) is 6.21 Å². The molecule has 7 nitrogen and oxygen atoms in total. The van der Waals surface area contributed by atoms with Crippen LogP contribution >= 0.6 is 11.8 Å². The van der Waals surface area contributed by atoms with Crippen molar-refractivity contribution < 1.29 is 28.4 Å². The van der Waals surface area contributed by atoms with Gasteiger partial charge in [0.1, 0.15) is 5.76 Å². The fourth-order valence-corrected chi connectivity index (χ4v) is 2.93. The Morgan fingerprint density at radius 3 is 2.06 bits per heavy atom. The van der Waals surface area contributed by atoms with Crippen molar-refractivity contribution >= 4 is 30.1 Å². The number of benzene rings is 2. The predicted molar refractivity (Wildman–Crippen MR) is 132 cm³/mol. The Bertz CT molecular complexity index is 1000. The molecule has 33 heavy (non-hydrogen) atoms. The number of methoxy groups -OCH3 is 4. The van der Waals surface area contributed by atoms with Crippen LogP contribution in [0.25, 0.3) is 12.2 Å². The van der Waals surface area contributed by atoms with Crippen molar-refractivity contribution in [3.8, 4) is 28.7 Å². The van der Waals surface area contributed by atoms with Crippen molar-refractivity contribution in [1.29, 1.82) is 0 Å². The highest BCUT2D eigenvalue weighted by Crippen LogP contribution is 2.38. The smallest absolute Gasteiger partial charge is 0.231 e. The van der Waals surface area contributed by atoms with Gasteiger partial charge in [0.15, 0.2) is 23.0 Å². The summed E-state index contributed by atoms with van der Waals surface area (Å²) in [6.45, 7) is 1.85. The molecule has 2 aromatic rings. The van der Waals surface area contributed by atoms with E-state index in [0.717, 1.165) is 11.1 Å². The van der Waals surface area contributed by atoms with E-state index in [9.17, 15) is 0 Å². The van der Waals surface area contributed by atoms with E-state index >= 15 is 0 Å². The summed E-state index contributed by atoms with van der Waals surface area (Å²) in [4.78, 5) is 0. The zero-order valence-electron chi connectivity index (χ0n) is 19.3. The first-order valence-electron chi connectivity index (χ1n) is 9.99. The van der Waals surface area contributed by atoms with Gasteiger partial charge in [0.05, 0.1) is 28.4 Å². The van der Waals surface area contributed by atoms with Crippen molar-refractivity contribution in [3.63, 3.8) is 0 Å². The average molecular weight is 474 g/mol. The van der Waals surface area contributed by atoms with E-state index in [1.54, 1.807) is 40.6 Å². The van der Waals surface area contributed by atoms with Crippen LogP contribution in [0.15, 0.2) is 58.8 Å². The lowest BCUT2D eigenvalue weighted by Gasteiger charge is -2.13. The van der Waals surface area contributed by atoms with Crippen molar-refractivity contribution in [1.82, 2.24) is 0 Å². The summed E-state index contributed by atoms with van der Waals surface area (Å²) >= 11 is 5.33. The van der Waals surface area contributed by atoms with E-state index in [0.29, 0.717) is 34.5 Å². The Hall–Kier alpha value is -3.58. The summed E-state index contributed by atoms with van der Waals surface area (Å²) in [6, 6.07) is 9.34. The zero-order chi connectivity index (χ0) is 24.1. The molecule has 0 aliphatic heterocycles. The molecule has 0 amide bonds. The van der Waals surface area contributed by atoms with Gasteiger partial charge in [-0.2, -0.15) is 4.51 Å². The number of nitrogens with zero attached hydrogens (tertiary/aromatic N) is 1. The number of halogens is 1. The van der Waals surface area contributed by atoms with Gasteiger partial charge in [-0.15, -0.1) is 0 Å². The zero-order valence-corrected chi connectivity index (χ0v) is 20.1. The molecule has 2 aromatic carbocycles. The van der Waals surface area contributed by atoms with Crippen LogP contribution in [0.5, 0.6) is 28.7 Å². The van der Waals surface area contributed by atoms with Gasteiger partial charge in [0.2, 0.25) is 12.5 Å². The van der Waals surface area contributed by atoms with Crippen LogP contribution in [0.3, 0.4) is 0 Å². The molecule has 0 radical (unpaired) electrons. The number of allylic oxidation sites excluding steroid dienone is 3. The summed E-state index contributed by atoms with van der Waals surface area (Å²) in [5.41, 5.74) is 1.78. The van der Waals surface area contributed by atoms with Crippen LogP contribution in [0.4, 0.5) is 0 Å². The topological polar surface area (TPSA) is 67.7 Å². The highest BCUT2D eigenvalue weighted by Gasteiger charge is 2.12. The molecule has 0 aromatic heterocycles. The summed E-state index contributed by atoms with van der Waals surface area (Å²) in [5.74, 6) is 3.38. The van der Waals surface area contributed by atoms with Gasteiger partial charge in [-0.1, -0.05) is 24.3 Å². The largest absolute Gasteiger partial charge is 0.493 e. The third-order valence-electron chi connectivity index (χ3n) is 4.41. The number of hydrogen-bond donors (Lipinski definition) is 0. The first-order chi connectivity index (χ1) is 16.1. The second-order valence-electron chi connectivity index (χ2n) is 6.42. The highest BCUT2D eigenvalue weighted by molar-refractivity contribution is 6.18. The molecule has 0 unspecified atom stereocenters. The van der Waals surface area contributed by atoms with Crippen molar-refractivity contribution in [2.75, 3.05) is 35.2 Å². The van der Waals surface area contributed by atoms with Crippen LogP contribution in [0.2, 0.25) is 0 Å². The van der Waals surface area contributed by atoms with Gasteiger partial charge in [-0.25, -0.2) is 0 Å². The predicted octanol–water partition coefficient (Wildman–Crippen LogP) is 5.93. The highest BCUT2D eigenvalue weighted by atomic mass is 35.5. The fourth-order valence-electron chi connectivity index (χ4n) is 2.88. The molecule has 0 aliphatic carbocycles. The molecule has 0 saturated carbocycles. The molecule has 8 heteroatoms. The fraction of sp³-hybridized carbons (Fsp3) is 0.240. The van der Waals surface area contributed by atoms with Gasteiger partial charge >= 0.3 is 0 Å². The lowest BCUT2D eigenvalue weighted by Crippen LogP contribution is -2.03. The second kappa shape index (κ2) is 13.8. The Balaban J connectivity index is 2.21. The van der Waals surface area contributed by atoms with Gasteiger partial charge in [-0.3, -0.25) is 0 Å². The van der Waals surface area contributed by atoms with Crippen LogP contribution in [-0.4, -0.2) is 41.4 Å². The van der Waals surface area contributed by atoms with Crippen molar-refractivity contribution in [2.24, 2.45) is 4.51 Å². The van der Waals surface area contributed by atoms with Gasteiger partial charge < -0.3 is 28.4 Å². The molecule has 176 valence electrons. The van der Waals surface area contributed by atoms with E-state index in [1.807, 2.05) is 55.5 Å². The molecule has 0 saturated heterocycles. The standard InChI is InChI=1S/C25H28ClNO6/c1-6-7-20(12-13-27-26)32-17-33-22-14-18(10-11-21(22)28-2)8-9-19-15-23(29-3)25(31-5)24(16-19)30-4/h6-16H,17H2,1-5H3/b7-6-,9-8-,20-12+,27-13+. The van der Waals surface area contributed by atoms with Gasteiger partial charge in [0.25, 0.3) is 0 Å². The monoisotopic (exact) mass is 473 g/mol. The summed E-state index contributed by atoms with van der Waals surface area (Å²) in [5, 5.41) is 0. The molecular formula is C25H28ClNO6. The lowest BCUT2D eigenvalue weighted by molar-refractivity contribution is 0.0651. The number of rotatable bonds is 12. The molecular weight excluding hydrogens is 446 g/mol. The van der Waals surface area contributed by atoms with E-state index in [2.05, 4.69) is 4.51 Å². The Morgan fingerprint density at radius 1 is 0.848 bits per heavy atom. The molecule has 0 spiro atoms. The molecule has 0 heterocycles. The van der Waals surface area contributed by atoms with Crippen LogP contribution < -0.4 is 23.7 Å². The first kappa shape index (κ1) is 25.7. The van der Waals surface area contributed by atoms with Gasteiger partial charge in [0, 0.05) is 18.0 Å². The first-order valence-corrected chi connectivity index (χ1v) is 10.3. The van der Waals surface area contributed by atoms with E-state index in [4.69, 9.17) is 40.2 Å². The number of hydrogen-bond acceptors (Lipinski definition) is 7. The normalized spacial score (nSPS) is 11.9. The molecule has 0 aliphatic rings. The minimum Gasteiger partial charge on any atom is -0.493 e. The van der Waals surface area contributed by atoms with Crippen LogP contribution in [0, 0.1) is 0 Å². The van der Waals surface area contributed by atoms with Crippen LogP contribution in [-0.2, 0) is 4.74 Å². The molecule has 0 fully saturated rings. The van der Waals surface area contributed by atoms with Crippen LogP contribution in [0.1, 0.15) is 18.1 Å². The lowest BCUT2D eigenvalue weighted by atomic mass is 10.1. The summed E-state index contributed by atoms with van der Waals surface area (Å²) < 4.78 is 36.4. The van der Waals surface area contributed by atoms with Gasteiger partial charge in [-0.05, 0) is 54.5 Å². The molecule has 0 atom stereocenters. The minimum atomic E-state index is -0.0251. The minimum absolute atomic E-state index is 0.0251. The average Bonchev–Trinajstić information content (AvgIpc) is 2.85. The third-order valence-corrected chi connectivity index (χ3v) is 4.52. The van der Waals surface area contributed by atoms with Crippen molar-refractivity contribution in [2.45, 2.75) is 6.92 Å². The molecule has 2 rings (SSSR count). The Morgan fingerprint density at radius 2 is 1.48 bits per heavy atom. The molecule has 0 bridgehead atoms. The quantitative estimate of drug-likeness (QED) is 0.125. The second-order valence-corrected chi connectivity index (χ2v) is 6.62. The summed E-state index contributed by atoms with van der Waals surface area (Å²) in [6.07, 6.45) is 10.5. The summed E-state index contributed by atoms with van der Waals surface area (Å²) in [7, 11) is 6.32. The Kier molecular flexibility index (Phi) is 10.7. The molecule has 0 N–H and O–H groups in total. The van der Waals surface area contributed by atoms with Crippen molar-refractivity contribution in [3.05, 3.63) is 65.4 Å². The maximum absolute atomic E-state index is 5.79. The third kappa shape index (κ3) is 7.50.